The molecule has 0 N–H and O–H groups in total. The first kappa shape index (κ1) is 20.2. The number of rotatable bonds is 6. The predicted molar refractivity (Wildman–Crippen MR) is 103 cm³/mol. The van der Waals surface area contributed by atoms with Gasteiger partial charge in [0.2, 0.25) is 10.0 Å². The van der Waals surface area contributed by atoms with Crippen molar-refractivity contribution in [1.29, 1.82) is 0 Å². The quantitative estimate of drug-likeness (QED) is 0.687. The van der Waals surface area contributed by atoms with Gasteiger partial charge in [-0.05, 0) is 30.2 Å². The molecule has 0 fully saturated rings. The Morgan fingerprint density at radius 2 is 1.82 bits per heavy atom. The van der Waals surface area contributed by atoms with Crippen LogP contribution in [-0.4, -0.2) is 45.6 Å². The summed E-state index contributed by atoms with van der Waals surface area (Å²) in [5.41, 5.74) is 1.75. The molecule has 0 atom stereocenters. The topological polar surface area (TPSA) is 82.1 Å². The van der Waals surface area contributed by atoms with E-state index in [2.05, 4.69) is 0 Å². The number of benzene rings is 2. The highest BCUT2D eigenvalue weighted by molar-refractivity contribution is 7.89. The van der Waals surface area contributed by atoms with Crippen molar-refractivity contribution in [3.05, 3.63) is 53.6 Å². The highest BCUT2D eigenvalue weighted by atomic mass is 32.2. The SMILES string of the molecule is COC(=O)CN(Cc1ccccc1C)S(=O)(=O)c1ccc2c(c1)OCCCO2. The number of hydrogen-bond acceptors (Lipinski definition) is 6. The summed E-state index contributed by atoms with van der Waals surface area (Å²) in [7, 11) is -2.74. The summed E-state index contributed by atoms with van der Waals surface area (Å²) >= 11 is 0. The molecule has 0 bridgehead atoms. The Balaban J connectivity index is 1.96. The van der Waals surface area contributed by atoms with Gasteiger partial charge < -0.3 is 14.2 Å². The lowest BCUT2D eigenvalue weighted by atomic mass is 10.1. The minimum Gasteiger partial charge on any atom is -0.490 e. The van der Waals surface area contributed by atoms with Gasteiger partial charge in [0, 0.05) is 19.0 Å². The number of hydrogen-bond donors (Lipinski definition) is 0. The van der Waals surface area contributed by atoms with Gasteiger partial charge in [-0.1, -0.05) is 24.3 Å². The number of nitrogens with zero attached hydrogens (tertiary/aromatic N) is 1. The molecular formula is C20H23NO6S. The van der Waals surface area contributed by atoms with E-state index in [0.717, 1.165) is 21.9 Å². The van der Waals surface area contributed by atoms with Crippen molar-refractivity contribution in [2.24, 2.45) is 0 Å². The molecule has 0 aliphatic carbocycles. The number of sulfonamides is 1. The van der Waals surface area contributed by atoms with Crippen LogP contribution in [0.4, 0.5) is 0 Å². The number of carbonyl (C=O) groups is 1. The van der Waals surface area contributed by atoms with E-state index >= 15 is 0 Å². The molecule has 3 rings (SSSR count). The van der Waals surface area contributed by atoms with Crippen LogP contribution in [0, 0.1) is 6.92 Å². The van der Waals surface area contributed by atoms with Gasteiger partial charge in [-0.2, -0.15) is 4.31 Å². The second kappa shape index (κ2) is 8.62. The van der Waals surface area contributed by atoms with Gasteiger partial charge in [0.25, 0.3) is 0 Å². The van der Waals surface area contributed by atoms with Gasteiger partial charge in [0.1, 0.15) is 6.54 Å². The zero-order valence-electron chi connectivity index (χ0n) is 15.9. The molecule has 7 nitrogen and oxygen atoms in total. The molecule has 2 aromatic rings. The van der Waals surface area contributed by atoms with Crippen molar-refractivity contribution in [3.63, 3.8) is 0 Å². The first-order chi connectivity index (χ1) is 13.4. The second-order valence-electron chi connectivity index (χ2n) is 6.43. The fourth-order valence-electron chi connectivity index (χ4n) is 2.87. The average Bonchev–Trinajstić information content (AvgIpc) is 2.93. The number of fused-ring (bicyclic) bond motifs is 1. The van der Waals surface area contributed by atoms with Gasteiger partial charge in [-0.25, -0.2) is 8.42 Å². The average molecular weight is 405 g/mol. The molecule has 0 saturated heterocycles. The van der Waals surface area contributed by atoms with E-state index in [1.165, 1.54) is 19.2 Å². The van der Waals surface area contributed by atoms with E-state index in [1.54, 1.807) is 6.07 Å². The standard InChI is InChI=1S/C20H23NO6S/c1-15-6-3-4-7-16(15)13-21(14-20(22)25-2)28(23,24)17-8-9-18-19(12-17)27-11-5-10-26-18/h3-4,6-9,12H,5,10-11,13-14H2,1-2H3. The van der Waals surface area contributed by atoms with Gasteiger partial charge in [-0.3, -0.25) is 4.79 Å². The monoisotopic (exact) mass is 405 g/mol. The van der Waals surface area contributed by atoms with Crippen LogP contribution in [0.2, 0.25) is 0 Å². The third-order valence-corrected chi connectivity index (χ3v) is 6.29. The summed E-state index contributed by atoms with van der Waals surface area (Å²) in [6.07, 6.45) is 0.721. The summed E-state index contributed by atoms with van der Waals surface area (Å²) in [5.74, 6) is 0.258. The molecule has 0 amide bonds. The number of ether oxygens (including phenoxy) is 3. The predicted octanol–water partition coefficient (Wildman–Crippen LogP) is 2.52. The molecule has 2 aromatic carbocycles. The van der Waals surface area contributed by atoms with Crippen molar-refractivity contribution >= 4 is 16.0 Å². The molecule has 8 heteroatoms. The Hall–Kier alpha value is -2.58. The molecule has 0 spiro atoms. The first-order valence-corrected chi connectivity index (χ1v) is 10.4. The molecule has 1 heterocycles. The Labute approximate surface area is 164 Å². The number of carbonyl (C=O) groups excluding carboxylic acids is 1. The Kier molecular flexibility index (Phi) is 6.21. The van der Waals surface area contributed by atoms with Crippen molar-refractivity contribution in [2.75, 3.05) is 26.9 Å². The van der Waals surface area contributed by atoms with Gasteiger partial charge in [0.05, 0.1) is 25.2 Å². The van der Waals surface area contributed by atoms with Crippen LogP contribution in [0.15, 0.2) is 47.4 Å². The van der Waals surface area contributed by atoms with E-state index in [1.807, 2.05) is 31.2 Å². The van der Waals surface area contributed by atoms with Crippen LogP contribution in [0.25, 0.3) is 0 Å². The summed E-state index contributed by atoms with van der Waals surface area (Å²) in [5, 5.41) is 0. The Bertz CT molecular complexity index is 957. The lowest BCUT2D eigenvalue weighted by Crippen LogP contribution is -2.36. The molecular weight excluding hydrogens is 382 g/mol. The molecule has 28 heavy (non-hydrogen) atoms. The lowest BCUT2D eigenvalue weighted by Gasteiger charge is -2.22. The minimum absolute atomic E-state index is 0.0363. The van der Waals surface area contributed by atoms with Crippen LogP contribution < -0.4 is 9.47 Å². The third kappa shape index (κ3) is 4.45. The zero-order valence-corrected chi connectivity index (χ0v) is 16.7. The minimum atomic E-state index is -3.97. The molecule has 0 unspecified atom stereocenters. The first-order valence-electron chi connectivity index (χ1n) is 8.93. The smallest absolute Gasteiger partial charge is 0.321 e. The number of esters is 1. The normalized spacial score (nSPS) is 13.8. The molecule has 0 saturated carbocycles. The van der Waals surface area contributed by atoms with Crippen molar-refractivity contribution < 1.29 is 27.4 Å². The van der Waals surface area contributed by atoms with Gasteiger partial charge >= 0.3 is 5.97 Å². The third-order valence-electron chi connectivity index (χ3n) is 4.50. The Morgan fingerprint density at radius 1 is 1.11 bits per heavy atom. The second-order valence-corrected chi connectivity index (χ2v) is 8.37. The zero-order chi connectivity index (χ0) is 20.1. The molecule has 1 aliphatic rings. The largest absolute Gasteiger partial charge is 0.490 e. The maximum absolute atomic E-state index is 13.3. The van der Waals surface area contributed by atoms with Crippen LogP contribution in [0.5, 0.6) is 11.5 Å². The van der Waals surface area contributed by atoms with Crippen molar-refractivity contribution in [3.8, 4) is 11.5 Å². The van der Waals surface area contributed by atoms with E-state index in [9.17, 15) is 13.2 Å². The molecule has 0 aromatic heterocycles. The Morgan fingerprint density at radius 3 is 2.54 bits per heavy atom. The van der Waals surface area contributed by atoms with E-state index in [-0.39, 0.29) is 18.0 Å². The lowest BCUT2D eigenvalue weighted by molar-refractivity contribution is -0.140. The van der Waals surface area contributed by atoms with Crippen LogP contribution >= 0.6 is 0 Å². The van der Waals surface area contributed by atoms with Crippen LogP contribution in [0.3, 0.4) is 0 Å². The fraction of sp³-hybridized carbons (Fsp3) is 0.350. The van der Waals surface area contributed by atoms with Crippen molar-refractivity contribution in [1.82, 2.24) is 4.31 Å². The molecule has 0 radical (unpaired) electrons. The van der Waals surface area contributed by atoms with E-state index in [0.29, 0.717) is 24.7 Å². The molecule has 1 aliphatic heterocycles. The highest BCUT2D eigenvalue weighted by Crippen LogP contribution is 2.33. The maximum atomic E-state index is 13.3. The van der Waals surface area contributed by atoms with Gasteiger partial charge in [0.15, 0.2) is 11.5 Å². The van der Waals surface area contributed by atoms with E-state index < -0.39 is 16.0 Å². The molecule has 150 valence electrons. The van der Waals surface area contributed by atoms with Gasteiger partial charge in [-0.15, -0.1) is 0 Å². The highest BCUT2D eigenvalue weighted by Gasteiger charge is 2.29. The summed E-state index contributed by atoms with van der Waals surface area (Å²) in [6.45, 7) is 2.53. The van der Waals surface area contributed by atoms with Crippen molar-refractivity contribution in [2.45, 2.75) is 24.8 Å². The summed E-state index contributed by atoms with van der Waals surface area (Å²) < 4.78 is 43.6. The number of methoxy groups -OCH3 is 1. The summed E-state index contributed by atoms with van der Waals surface area (Å²) in [4.78, 5) is 11.9. The van der Waals surface area contributed by atoms with Crippen LogP contribution in [0.1, 0.15) is 17.5 Å². The van der Waals surface area contributed by atoms with E-state index in [4.69, 9.17) is 14.2 Å². The number of aryl methyl sites for hydroxylation is 1. The maximum Gasteiger partial charge on any atom is 0.321 e. The summed E-state index contributed by atoms with van der Waals surface area (Å²) in [6, 6.07) is 11.9. The van der Waals surface area contributed by atoms with Crippen LogP contribution in [-0.2, 0) is 26.1 Å². The fourth-order valence-corrected chi connectivity index (χ4v) is 4.24.